The van der Waals surface area contributed by atoms with Gasteiger partial charge in [0.1, 0.15) is 11.9 Å². The molecule has 1 aromatic heterocycles. The summed E-state index contributed by atoms with van der Waals surface area (Å²) in [7, 11) is 1.58. The summed E-state index contributed by atoms with van der Waals surface area (Å²) in [4.78, 5) is 0. The highest BCUT2D eigenvalue weighted by Crippen LogP contribution is 2.34. The van der Waals surface area contributed by atoms with E-state index in [0.29, 0.717) is 17.3 Å². The van der Waals surface area contributed by atoms with E-state index in [4.69, 9.17) is 18.7 Å². The monoisotopic (exact) mass is 383 g/mol. The Morgan fingerprint density at radius 1 is 1.00 bits per heavy atom. The molecular formula is C22H25NO5. The Morgan fingerprint density at radius 2 is 1.82 bits per heavy atom. The predicted molar refractivity (Wildman–Crippen MR) is 106 cm³/mol. The number of rotatable bonds is 8. The minimum absolute atomic E-state index is 0.0663. The lowest BCUT2D eigenvalue weighted by Crippen LogP contribution is -2.15. The molecule has 1 N–H and O–H groups in total. The zero-order valence-corrected chi connectivity index (χ0v) is 16.5. The summed E-state index contributed by atoms with van der Waals surface area (Å²) >= 11 is 0. The van der Waals surface area contributed by atoms with Crippen LogP contribution in [-0.4, -0.2) is 29.6 Å². The summed E-state index contributed by atoms with van der Waals surface area (Å²) < 4.78 is 22.4. The molecule has 1 heterocycles. The third-order valence-electron chi connectivity index (χ3n) is 4.07. The van der Waals surface area contributed by atoms with Gasteiger partial charge in [0.15, 0.2) is 17.3 Å². The fourth-order valence-corrected chi connectivity index (χ4v) is 2.93. The zero-order valence-electron chi connectivity index (χ0n) is 16.5. The summed E-state index contributed by atoms with van der Waals surface area (Å²) in [5, 5.41) is 12.8. The standard InChI is InChI=1S/C22H25NO5/c1-14(2)26-18-7-5-6-16(11-18)10-15(3)27-19-9-8-17(12-21(19)25-4)20-13-22(24)23-28-20/h5-9,11-15H,10H2,1-4H3,(H,23,24). The first-order valence-electron chi connectivity index (χ1n) is 9.21. The molecule has 0 fully saturated rings. The number of aromatic nitrogens is 1. The molecule has 0 saturated carbocycles. The lowest BCUT2D eigenvalue weighted by molar-refractivity contribution is 0.211. The number of methoxy groups -OCH3 is 1. The van der Waals surface area contributed by atoms with Gasteiger partial charge >= 0.3 is 0 Å². The Bertz CT molecular complexity index is 919. The van der Waals surface area contributed by atoms with Crippen LogP contribution < -0.4 is 14.2 Å². The lowest BCUT2D eigenvalue weighted by atomic mass is 10.1. The van der Waals surface area contributed by atoms with Crippen molar-refractivity contribution in [3.8, 4) is 34.5 Å². The highest BCUT2D eigenvalue weighted by atomic mass is 16.5. The largest absolute Gasteiger partial charge is 0.493 e. The van der Waals surface area contributed by atoms with E-state index in [9.17, 15) is 5.11 Å². The molecule has 0 saturated heterocycles. The Kier molecular flexibility index (Phi) is 6.09. The van der Waals surface area contributed by atoms with Crippen LogP contribution in [0.15, 0.2) is 53.1 Å². The average molecular weight is 383 g/mol. The van der Waals surface area contributed by atoms with Crippen molar-refractivity contribution in [2.24, 2.45) is 0 Å². The van der Waals surface area contributed by atoms with Crippen LogP contribution in [0.2, 0.25) is 0 Å². The Labute approximate surface area is 164 Å². The summed E-state index contributed by atoms with van der Waals surface area (Å²) in [6.45, 7) is 6.03. The molecule has 0 bridgehead atoms. The molecule has 3 aromatic rings. The minimum Gasteiger partial charge on any atom is -0.493 e. The van der Waals surface area contributed by atoms with Crippen LogP contribution in [0.1, 0.15) is 26.3 Å². The molecule has 6 nitrogen and oxygen atoms in total. The molecule has 148 valence electrons. The second kappa shape index (κ2) is 8.69. The zero-order chi connectivity index (χ0) is 20.1. The quantitative estimate of drug-likeness (QED) is 0.599. The van der Waals surface area contributed by atoms with Crippen LogP contribution in [-0.2, 0) is 6.42 Å². The third kappa shape index (κ3) is 4.97. The highest BCUT2D eigenvalue weighted by Gasteiger charge is 2.14. The lowest BCUT2D eigenvalue weighted by Gasteiger charge is -2.18. The first kappa shape index (κ1) is 19.6. The van der Waals surface area contributed by atoms with Crippen molar-refractivity contribution in [1.29, 1.82) is 0 Å². The van der Waals surface area contributed by atoms with Crippen LogP contribution in [0.5, 0.6) is 23.1 Å². The summed E-state index contributed by atoms with van der Waals surface area (Å²) in [6, 6.07) is 14.9. The van der Waals surface area contributed by atoms with Crippen molar-refractivity contribution in [3.63, 3.8) is 0 Å². The van der Waals surface area contributed by atoms with Gasteiger partial charge in [-0.15, -0.1) is 0 Å². The van der Waals surface area contributed by atoms with Gasteiger partial charge in [-0.2, -0.15) is 0 Å². The topological polar surface area (TPSA) is 74.0 Å². The summed E-state index contributed by atoms with van der Waals surface area (Å²) in [5.41, 5.74) is 1.88. The van der Waals surface area contributed by atoms with Crippen molar-refractivity contribution in [1.82, 2.24) is 5.16 Å². The fraction of sp³-hybridized carbons (Fsp3) is 0.318. The summed E-state index contributed by atoms with van der Waals surface area (Å²) in [5.74, 6) is 2.37. The van der Waals surface area contributed by atoms with Gasteiger partial charge in [0, 0.05) is 18.1 Å². The van der Waals surface area contributed by atoms with Crippen molar-refractivity contribution in [3.05, 3.63) is 54.1 Å². The molecule has 0 aliphatic heterocycles. The van der Waals surface area contributed by atoms with E-state index < -0.39 is 0 Å². The van der Waals surface area contributed by atoms with Crippen LogP contribution in [0, 0.1) is 0 Å². The van der Waals surface area contributed by atoms with Gasteiger partial charge in [-0.3, -0.25) is 0 Å². The fourth-order valence-electron chi connectivity index (χ4n) is 2.93. The number of hydrogen-bond donors (Lipinski definition) is 1. The highest BCUT2D eigenvalue weighted by molar-refractivity contribution is 5.63. The SMILES string of the molecule is COc1cc(-c2cc(O)no2)ccc1OC(C)Cc1cccc(OC(C)C)c1. The van der Waals surface area contributed by atoms with Crippen molar-refractivity contribution in [2.45, 2.75) is 39.4 Å². The second-order valence-corrected chi connectivity index (χ2v) is 6.86. The number of benzene rings is 2. The molecule has 0 radical (unpaired) electrons. The Hall–Kier alpha value is -3.15. The molecule has 1 atom stereocenters. The van der Waals surface area contributed by atoms with Gasteiger partial charge in [0.25, 0.3) is 5.88 Å². The minimum atomic E-state index is -0.161. The van der Waals surface area contributed by atoms with Crippen molar-refractivity contribution < 1.29 is 23.8 Å². The molecule has 3 rings (SSSR count). The van der Waals surface area contributed by atoms with Crippen LogP contribution >= 0.6 is 0 Å². The van der Waals surface area contributed by atoms with E-state index in [0.717, 1.165) is 23.3 Å². The van der Waals surface area contributed by atoms with E-state index in [1.807, 2.05) is 51.1 Å². The summed E-state index contributed by atoms with van der Waals surface area (Å²) in [6.07, 6.45) is 0.803. The molecule has 0 amide bonds. The van der Waals surface area contributed by atoms with E-state index in [1.54, 1.807) is 13.2 Å². The third-order valence-corrected chi connectivity index (χ3v) is 4.07. The molecule has 2 aromatic carbocycles. The molecule has 28 heavy (non-hydrogen) atoms. The molecule has 0 aliphatic rings. The maximum atomic E-state index is 9.35. The molecular weight excluding hydrogens is 358 g/mol. The number of nitrogens with zero attached hydrogens (tertiary/aromatic N) is 1. The van der Waals surface area contributed by atoms with Gasteiger partial charge in [-0.05, 0) is 61.8 Å². The van der Waals surface area contributed by atoms with Crippen LogP contribution in [0.4, 0.5) is 0 Å². The van der Waals surface area contributed by atoms with E-state index >= 15 is 0 Å². The first-order valence-corrected chi connectivity index (χ1v) is 9.21. The van der Waals surface area contributed by atoms with Gasteiger partial charge in [0.2, 0.25) is 0 Å². The average Bonchev–Trinajstić information content (AvgIpc) is 3.08. The number of aromatic hydroxyl groups is 1. The van der Waals surface area contributed by atoms with E-state index in [2.05, 4.69) is 11.2 Å². The second-order valence-electron chi connectivity index (χ2n) is 6.86. The van der Waals surface area contributed by atoms with Crippen molar-refractivity contribution >= 4 is 0 Å². The molecule has 0 aliphatic carbocycles. The number of ether oxygens (including phenoxy) is 3. The first-order chi connectivity index (χ1) is 13.4. The molecule has 1 unspecified atom stereocenters. The van der Waals surface area contributed by atoms with Gasteiger partial charge in [0.05, 0.1) is 13.2 Å². The van der Waals surface area contributed by atoms with E-state index in [-0.39, 0.29) is 18.1 Å². The number of hydrogen-bond acceptors (Lipinski definition) is 6. The van der Waals surface area contributed by atoms with Gasteiger partial charge < -0.3 is 23.8 Å². The maximum Gasteiger partial charge on any atom is 0.252 e. The predicted octanol–water partition coefficient (Wildman–Crippen LogP) is 4.85. The maximum absolute atomic E-state index is 9.35. The smallest absolute Gasteiger partial charge is 0.252 e. The van der Waals surface area contributed by atoms with Gasteiger partial charge in [-0.25, -0.2) is 0 Å². The van der Waals surface area contributed by atoms with E-state index in [1.165, 1.54) is 6.07 Å². The van der Waals surface area contributed by atoms with Crippen LogP contribution in [0.25, 0.3) is 11.3 Å². The van der Waals surface area contributed by atoms with Crippen LogP contribution in [0.3, 0.4) is 0 Å². The van der Waals surface area contributed by atoms with Gasteiger partial charge in [-0.1, -0.05) is 12.1 Å². The normalized spacial score (nSPS) is 12.0. The Balaban J connectivity index is 1.70. The molecule has 0 spiro atoms. The Morgan fingerprint density at radius 3 is 2.50 bits per heavy atom. The van der Waals surface area contributed by atoms with Crippen molar-refractivity contribution in [2.75, 3.05) is 7.11 Å². The molecule has 6 heteroatoms.